The molecule has 0 radical (unpaired) electrons. The third kappa shape index (κ3) is 6.42. The first-order valence-corrected chi connectivity index (χ1v) is 15.2. The molecule has 2 fully saturated rings. The minimum Gasteiger partial charge on any atom is -0.477 e. The Kier molecular flexibility index (Phi) is 8.71. The van der Waals surface area contributed by atoms with Gasteiger partial charge in [0, 0.05) is 31.9 Å². The average Bonchev–Trinajstić information content (AvgIpc) is 3.77. The van der Waals surface area contributed by atoms with E-state index >= 15 is 0 Å². The molecule has 1 aliphatic carbocycles. The lowest BCUT2D eigenvalue weighted by molar-refractivity contribution is -0.163. The van der Waals surface area contributed by atoms with Crippen molar-refractivity contribution < 1.29 is 18.6 Å². The molecule has 1 saturated carbocycles. The Bertz CT molecular complexity index is 1680. The highest BCUT2D eigenvalue weighted by Crippen LogP contribution is 2.34. The molecule has 0 spiro atoms. The van der Waals surface area contributed by atoms with Crippen LogP contribution in [0.1, 0.15) is 64.0 Å². The molecule has 1 saturated heterocycles. The van der Waals surface area contributed by atoms with Gasteiger partial charge < -0.3 is 18.8 Å². The van der Waals surface area contributed by atoms with Crippen LogP contribution in [-0.4, -0.2) is 49.8 Å². The Morgan fingerprint density at radius 1 is 1.07 bits per heavy atom. The van der Waals surface area contributed by atoms with E-state index in [1.54, 1.807) is 33.5 Å². The van der Waals surface area contributed by atoms with Crippen molar-refractivity contribution in [2.24, 2.45) is 5.92 Å². The van der Waals surface area contributed by atoms with Gasteiger partial charge in [-0.3, -0.25) is 13.9 Å². The molecule has 1 unspecified atom stereocenters. The number of rotatable bonds is 12. The Morgan fingerprint density at radius 3 is 2.60 bits per heavy atom. The Morgan fingerprint density at radius 2 is 1.88 bits per heavy atom. The van der Waals surface area contributed by atoms with Gasteiger partial charge in [0.15, 0.2) is 17.5 Å². The number of hydrogen-bond donors (Lipinski definition) is 0. The highest BCUT2D eigenvalue weighted by Gasteiger charge is 2.27. The first kappa shape index (κ1) is 29.3. The maximum Gasteiger partial charge on any atom is 0.332 e. The lowest BCUT2D eigenvalue weighted by Crippen LogP contribution is -2.41. The molecule has 3 aromatic heterocycles. The average molecular weight is 592 g/mol. The number of pyridine rings is 1. The van der Waals surface area contributed by atoms with Gasteiger partial charge in [0.1, 0.15) is 11.6 Å². The monoisotopic (exact) mass is 591 g/mol. The Balaban J connectivity index is 1.45. The number of hydrogen-bond acceptors (Lipinski definition) is 7. The van der Waals surface area contributed by atoms with E-state index in [1.165, 1.54) is 16.7 Å². The molecule has 43 heavy (non-hydrogen) atoms. The second kappa shape index (κ2) is 12.8. The van der Waals surface area contributed by atoms with E-state index in [1.807, 2.05) is 19.9 Å². The van der Waals surface area contributed by atoms with Crippen molar-refractivity contribution >= 4 is 11.2 Å². The third-order valence-electron chi connectivity index (χ3n) is 7.96. The van der Waals surface area contributed by atoms with E-state index in [9.17, 15) is 14.0 Å². The summed E-state index contributed by atoms with van der Waals surface area (Å²) in [7, 11) is 0. The Labute approximate surface area is 249 Å². The summed E-state index contributed by atoms with van der Waals surface area (Å²) >= 11 is 0. The fourth-order valence-electron chi connectivity index (χ4n) is 5.49. The van der Waals surface area contributed by atoms with Gasteiger partial charge in [-0.2, -0.15) is 0 Å². The van der Waals surface area contributed by atoms with Gasteiger partial charge in [-0.15, -0.1) is 0 Å². The molecule has 2 aliphatic rings. The van der Waals surface area contributed by atoms with Gasteiger partial charge in [-0.05, 0) is 88.1 Å². The largest absolute Gasteiger partial charge is 0.477 e. The quantitative estimate of drug-likeness (QED) is 0.216. The van der Waals surface area contributed by atoms with E-state index in [0.29, 0.717) is 60.6 Å². The van der Waals surface area contributed by atoms with Crippen molar-refractivity contribution in [3.05, 3.63) is 74.8 Å². The number of nitrogens with zero attached hydrogens (tertiary/aromatic N) is 5. The van der Waals surface area contributed by atoms with Gasteiger partial charge in [-0.1, -0.05) is 12.1 Å². The smallest absolute Gasteiger partial charge is 0.332 e. The first-order valence-electron chi connectivity index (χ1n) is 15.2. The van der Waals surface area contributed by atoms with Gasteiger partial charge in [0.25, 0.3) is 5.56 Å². The van der Waals surface area contributed by atoms with Crippen LogP contribution in [0.25, 0.3) is 22.6 Å². The number of benzene rings is 1. The van der Waals surface area contributed by atoms with E-state index in [4.69, 9.17) is 19.2 Å². The zero-order chi connectivity index (χ0) is 29.9. The van der Waals surface area contributed by atoms with Crippen molar-refractivity contribution in [1.29, 1.82) is 0 Å². The van der Waals surface area contributed by atoms with E-state index in [2.05, 4.69) is 4.98 Å². The Hall–Kier alpha value is -3.83. The second-order valence-corrected chi connectivity index (χ2v) is 11.7. The maximum atomic E-state index is 14.2. The minimum atomic E-state index is -0.434. The van der Waals surface area contributed by atoms with E-state index < -0.39 is 11.2 Å². The third-order valence-corrected chi connectivity index (χ3v) is 7.96. The van der Waals surface area contributed by atoms with Crippen LogP contribution < -0.4 is 16.0 Å². The fourth-order valence-corrected chi connectivity index (χ4v) is 5.49. The first-order chi connectivity index (χ1) is 20.9. The van der Waals surface area contributed by atoms with Crippen molar-refractivity contribution in [2.45, 2.75) is 77.8 Å². The number of halogens is 1. The highest BCUT2D eigenvalue weighted by atomic mass is 19.1. The number of ether oxygens (including phenoxy) is 3. The van der Waals surface area contributed by atoms with Gasteiger partial charge >= 0.3 is 5.69 Å². The van der Waals surface area contributed by atoms with Crippen LogP contribution in [0.3, 0.4) is 0 Å². The van der Waals surface area contributed by atoms with Crippen LogP contribution in [0, 0.1) is 11.7 Å². The van der Waals surface area contributed by atoms with Crippen LogP contribution in [0.2, 0.25) is 0 Å². The van der Waals surface area contributed by atoms with E-state index in [0.717, 1.165) is 37.7 Å². The molecule has 228 valence electrons. The molecule has 6 rings (SSSR count). The fraction of sp³-hybridized carbons (Fsp3) is 0.500. The molecule has 11 heteroatoms. The van der Waals surface area contributed by atoms with Crippen molar-refractivity contribution in [2.75, 3.05) is 19.8 Å². The highest BCUT2D eigenvalue weighted by molar-refractivity contribution is 5.78. The summed E-state index contributed by atoms with van der Waals surface area (Å²) in [5.41, 5.74) is 1.13. The summed E-state index contributed by atoms with van der Waals surface area (Å²) in [6.07, 6.45) is 7.09. The lowest BCUT2D eigenvalue weighted by Gasteiger charge is -2.22. The molecule has 1 aromatic carbocycles. The predicted octanol–water partition coefficient (Wildman–Crippen LogP) is 4.91. The minimum absolute atomic E-state index is 0.187. The van der Waals surface area contributed by atoms with Crippen LogP contribution in [-0.2, 0) is 22.6 Å². The van der Waals surface area contributed by atoms with Gasteiger partial charge in [0.2, 0.25) is 5.88 Å². The summed E-state index contributed by atoms with van der Waals surface area (Å²) < 4.78 is 36.0. The summed E-state index contributed by atoms with van der Waals surface area (Å²) in [6.45, 7) is 5.82. The normalized spacial score (nSPS) is 17.2. The molecule has 0 bridgehead atoms. The summed E-state index contributed by atoms with van der Waals surface area (Å²) in [6, 6.07) is 9.53. The summed E-state index contributed by atoms with van der Waals surface area (Å²) in [5.74, 6) is 1.05. The number of aromatic nitrogens is 5. The number of imidazole rings is 1. The lowest BCUT2D eigenvalue weighted by atomic mass is 10.2. The molecule has 1 atom stereocenters. The SMILES string of the molecule is CC(C)n1c(=O)n(CCCOC2CCCCO2)c(=O)c2c1nc(-c1cccnc1OCC1CC1)n2Cc1ccc(F)cc1. The predicted molar refractivity (Wildman–Crippen MR) is 160 cm³/mol. The van der Waals surface area contributed by atoms with Crippen molar-refractivity contribution in [1.82, 2.24) is 23.7 Å². The molecule has 4 aromatic rings. The summed E-state index contributed by atoms with van der Waals surface area (Å²) in [5, 5.41) is 0. The molecule has 1 aliphatic heterocycles. The van der Waals surface area contributed by atoms with Crippen LogP contribution in [0.5, 0.6) is 5.88 Å². The summed E-state index contributed by atoms with van der Waals surface area (Å²) in [4.78, 5) is 37.3. The standard InChI is InChI=1S/C32H38FN5O5/c1-21(2)38-29-27(31(39)36(32(38)40)16-6-18-42-26-8-3-4-17-41-26)37(19-22-11-13-24(33)14-12-22)28(35-29)25-7-5-15-34-30(25)43-20-23-9-10-23/h5,7,11-15,21,23,26H,3-4,6,8-10,16-20H2,1-2H3. The number of fused-ring (bicyclic) bond motifs is 1. The molecular weight excluding hydrogens is 553 g/mol. The zero-order valence-electron chi connectivity index (χ0n) is 24.7. The topological polar surface area (TPSA) is 102 Å². The van der Waals surface area contributed by atoms with E-state index in [-0.39, 0.29) is 31.2 Å². The molecule has 0 N–H and O–H groups in total. The van der Waals surface area contributed by atoms with Crippen LogP contribution in [0.4, 0.5) is 4.39 Å². The van der Waals surface area contributed by atoms with Crippen molar-refractivity contribution in [3.8, 4) is 17.3 Å². The van der Waals surface area contributed by atoms with Gasteiger partial charge in [0.05, 0.1) is 18.8 Å². The van der Waals surface area contributed by atoms with Gasteiger partial charge in [-0.25, -0.2) is 19.2 Å². The molecule has 10 nitrogen and oxygen atoms in total. The van der Waals surface area contributed by atoms with Crippen molar-refractivity contribution in [3.63, 3.8) is 0 Å². The second-order valence-electron chi connectivity index (χ2n) is 11.7. The van der Waals surface area contributed by atoms with Crippen LogP contribution >= 0.6 is 0 Å². The van der Waals surface area contributed by atoms with Crippen LogP contribution in [0.15, 0.2) is 52.2 Å². The molecular formula is C32H38FN5O5. The molecule has 4 heterocycles. The zero-order valence-corrected chi connectivity index (χ0v) is 24.7. The molecule has 0 amide bonds. The maximum absolute atomic E-state index is 14.2.